The number of carbonyl (C=O) groups is 1. The maximum absolute atomic E-state index is 11.6. The fourth-order valence-electron chi connectivity index (χ4n) is 1.56. The number of nitrogens with two attached hydrogens (primary N) is 1. The first-order valence-electron chi connectivity index (χ1n) is 5.56. The number of anilines is 1. The normalized spacial score (nSPS) is 10.6. The van der Waals surface area contributed by atoms with E-state index < -0.39 is 0 Å². The van der Waals surface area contributed by atoms with Crippen LogP contribution in [0.25, 0.3) is 10.9 Å². The third kappa shape index (κ3) is 2.56. The van der Waals surface area contributed by atoms with Crippen LogP contribution in [0.3, 0.4) is 0 Å². The Bertz CT molecular complexity index is 583. The number of hydrogen-bond donors (Lipinski definition) is 1. The lowest BCUT2D eigenvalue weighted by molar-refractivity contribution is -0.125. The smallest absolute Gasteiger partial charge is 0.232 e. The molecule has 0 aliphatic rings. The zero-order valence-electron chi connectivity index (χ0n) is 10.4. The average molecular weight is 261 g/mol. The minimum absolute atomic E-state index is 0.0915. The Morgan fingerprint density at radius 3 is 2.89 bits per heavy atom. The summed E-state index contributed by atoms with van der Waals surface area (Å²) in [6, 6.07) is 7.62. The molecule has 0 aliphatic carbocycles. The quantitative estimate of drug-likeness (QED) is 0.678. The number of hydrogen-bond acceptors (Lipinski definition) is 4. The van der Waals surface area contributed by atoms with E-state index in [-0.39, 0.29) is 5.91 Å². The van der Waals surface area contributed by atoms with Crippen molar-refractivity contribution in [3.63, 3.8) is 0 Å². The fraction of sp³-hybridized carbons (Fsp3) is 0.231. The van der Waals surface area contributed by atoms with Crippen LogP contribution in [0, 0.1) is 0 Å². The van der Waals surface area contributed by atoms with E-state index in [9.17, 15) is 4.79 Å². The van der Waals surface area contributed by atoms with Crippen LogP contribution in [0.1, 0.15) is 0 Å². The molecule has 5 heteroatoms. The summed E-state index contributed by atoms with van der Waals surface area (Å²) >= 11 is 1.51. The summed E-state index contributed by atoms with van der Waals surface area (Å²) in [4.78, 5) is 18.5. The predicted octanol–water partition coefficient (Wildman–Crippen LogP) is 2.00. The Morgan fingerprint density at radius 2 is 2.17 bits per heavy atom. The Morgan fingerprint density at radius 1 is 1.39 bits per heavy atom. The lowest BCUT2D eigenvalue weighted by Crippen LogP contribution is -2.23. The molecule has 18 heavy (non-hydrogen) atoms. The van der Waals surface area contributed by atoms with Crippen LogP contribution in [0.4, 0.5) is 5.69 Å². The van der Waals surface area contributed by atoms with Gasteiger partial charge in [0, 0.05) is 30.6 Å². The van der Waals surface area contributed by atoms with E-state index in [1.807, 2.05) is 24.3 Å². The molecule has 94 valence electrons. The molecule has 4 nitrogen and oxygen atoms in total. The molecule has 0 saturated carbocycles. The van der Waals surface area contributed by atoms with Crippen molar-refractivity contribution >= 4 is 34.3 Å². The van der Waals surface area contributed by atoms with Crippen molar-refractivity contribution < 1.29 is 4.79 Å². The van der Waals surface area contributed by atoms with Gasteiger partial charge < -0.3 is 10.6 Å². The number of nitrogens with zero attached hydrogens (tertiary/aromatic N) is 2. The van der Waals surface area contributed by atoms with Gasteiger partial charge in [-0.15, -0.1) is 11.8 Å². The van der Waals surface area contributed by atoms with Gasteiger partial charge in [-0.25, -0.2) is 0 Å². The summed E-state index contributed by atoms with van der Waals surface area (Å²) in [7, 11) is 3.51. The molecule has 0 bridgehead atoms. The molecule has 1 heterocycles. The summed E-state index contributed by atoms with van der Waals surface area (Å²) < 4.78 is 0. The highest BCUT2D eigenvalue weighted by molar-refractivity contribution is 8.00. The number of benzene rings is 1. The summed E-state index contributed by atoms with van der Waals surface area (Å²) in [5.41, 5.74) is 7.33. The first kappa shape index (κ1) is 12.7. The van der Waals surface area contributed by atoms with Crippen LogP contribution < -0.4 is 5.73 Å². The number of aromatic nitrogens is 1. The van der Waals surface area contributed by atoms with Gasteiger partial charge in [-0.2, -0.15) is 0 Å². The largest absolute Gasteiger partial charge is 0.397 e. The minimum atomic E-state index is 0.0915. The van der Waals surface area contributed by atoms with Crippen LogP contribution in [-0.2, 0) is 4.79 Å². The third-order valence-electron chi connectivity index (χ3n) is 2.61. The molecule has 0 radical (unpaired) electrons. The number of amides is 1. The Labute approximate surface area is 110 Å². The predicted molar refractivity (Wildman–Crippen MR) is 75.6 cm³/mol. The molecule has 1 amide bonds. The molecule has 0 fully saturated rings. The second-order valence-corrected chi connectivity index (χ2v) is 5.15. The van der Waals surface area contributed by atoms with E-state index in [4.69, 9.17) is 5.73 Å². The maximum Gasteiger partial charge on any atom is 0.232 e. The van der Waals surface area contributed by atoms with Crippen LogP contribution in [0.2, 0.25) is 0 Å². The molecule has 2 aromatic rings. The van der Waals surface area contributed by atoms with Crippen molar-refractivity contribution in [2.45, 2.75) is 4.90 Å². The van der Waals surface area contributed by atoms with Crippen molar-refractivity contribution in [3.05, 3.63) is 30.5 Å². The molecule has 0 unspecified atom stereocenters. The van der Waals surface area contributed by atoms with Gasteiger partial charge in [-0.1, -0.05) is 6.07 Å². The zero-order valence-corrected chi connectivity index (χ0v) is 11.2. The molecule has 2 rings (SSSR count). The summed E-state index contributed by atoms with van der Waals surface area (Å²) in [6.07, 6.45) is 1.72. The number of rotatable bonds is 3. The number of fused-ring (bicyclic) bond motifs is 1. The van der Waals surface area contributed by atoms with E-state index in [0.717, 1.165) is 15.8 Å². The second kappa shape index (κ2) is 5.27. The molecule has 1 aromatic heterocycles. The highest BCUT2D eigenvalue weighted by Gasteiger charge is 2.09. The maximum atomic E-state index is 11.6. The van der Waals surface area contributed by atoms with Crippen molar-refractivity contribution in [2.24, 2.45) is 0 Å². The highest BCUT2D eigenvalue weighted by Crippen LogP contribution is 2.30. The second-order valence-electron chi connectivity index (χ2n) is 4.13. The van der Waals surface area contributed by atoms with Gasteiger partial charge in [-0.3, -0.25) is 9.78 Å². The van der Waals surface area contributed by atoms with E-state index in [2.05, 4.69) is 4.98 Å². The van der Waals surface area contributed by atoms with Crippen LogP contribution >= 0.6 is 11.8 Å². The Hall–Kier alpha value is -1.75. The number of thioether (sulfide) groups is 1. The van der Waals surface area contributed by atoms with Crippen molar-refractivity contribution in [2.75, 3.05) is 25.6 Å². The lowest BCUT2D eigenvalue weighted by atomic mass is 10.2. The van der Waals surface area contributed by atoms with E-state index in [0.29, 0.717) is 11.4 Å². The molecule has 0 aliphatic heterocycles. The highest BCUT2D eigenvalue weighted by atomic mass is 32.2. The summed E-state index contributed by atoms with van der Waals surface area (Å²) in [6.45, 7) is 0. The molecule has 1 aromatic carbocycles. The molecule has 0 atom stereocenters. The van der Waals surface area contributed by atoms with Crippen molar-refractivity contribution in [1.82, 2.24) is 9.88 Å². The van der Waals surface area contributed by atoms with Crippen LogP contribution in [0.5, 0.6) is 0 Å². The first-order chi connectivity index (χ1) is 8.59. The van der Waals surface area contributed by atoms with E-state index >= 15 is 0 Å². The van der Waals surface area contributed by atoms with Gasteiger partial charge in [0.15, 0.2) is 0 Å². The van der Waals surface area contributed by atoms with Gasteiger partial charge in [0.2, 0.25) is 5.91 Å². The molecular formula is C13H15N3OS. The van der Waals surface area contributed by atoms with Gasteiger partial charge >= 0.3 is 0 Å². The van der Waals surface area contributed by atoms with E-state index in [1.165, 1.54) is 11.8 Å². The number of carbonyl (C=O) groups excluding carboxylic acids is 1. The minimum Gasteiger partial charge on any atom is -0.397 e. The number of pyridine rings is 1. The lowest BCUT2D eigenvalue weighted by Gasteiger charge is -2.11. The van der Waals surface area contributed by atoms with Crippen molar-refractivity contribution in [1.29, 1.82) is 0 Å². The molecule has 0 spiro atoms. The SMILES string of the molecule is CN(C)C(=O)CSc1ccc(N)c2ncccc12. The molecule has 0 saturated heterocycles. The molecule has 2 N–H and O–H groups in total. The summed E-state index contributed by atoms with van der Waals surface area (Å²) in [5, 5.41) is 0.994. The average Bonchev–Trinajstić information content (AvgIpc) is 2.38. The Kier molecular flexibility index (Phi) is 3.72. The van der Waals surface area contributed by atoms with Gasteiger partial charge in [0.25, 0.3) is 0 Å². The third-order valence-corrected chi connectivity index (χ3v) is 3.67. The van der Waals surface area contributed by atoms with Gasteiger partial charge in [0.1, 0.15) is 0 Å². The Balaban J connectivity index is 2.29. The fourth-order valence-corrected chi connectivity index (χ4v) is 2.58. The van der Waals surface area contributed by atoms with E-state index in [1.54, 1.807) is 25.2 Å². The monoisotopic (exact) mass is 261 g/mol. The van der Waals surface area contributed by atoms with Gasteiger partial charge in [-0.05, 0) is 18.2 Å². The van der Waals surface area contributed by atoms with Crippen LogP contribution in [-0.4, -0.2) is 35.6 Å². The van der Waals surface area contributed by atoms with Crippen molar-refractivity contribution in [3.8, 4) is 0 Å². The zero-order chi connectivity index (χ0) is 13.1. The van der Waals surface area contributed by atoms with Crippen LogP contribution in [0.15, 0.2) is 35.4 Å². The topological polar surface area (TPSA) is 59.2 Å². The van der Waals surface area contributed by atoms with Gasteiger partial charge in [0.05, 0.1) is 17.0 Å². The number of nitrogen functional groups attached to an aromatic ring is 1. The first-order valence-corrected chi connectivity index (χ1v) is 6.54. The standard InChI is InChI=1S/C13H15N3OS/c1-16(2)12(17)8-18-11-6-5-10(14)13-9(11)4-3-7-15-13/h3-7H,8,14H2,1-2H3. The summed E-state index contributed by atoms with van der Waals surface area (Å²) in [5.74, 6) is 0.509. The molecular weight excluding hydrogens is 246 g/mol.